The zero-order chi connectivity index (χ0) is 21.8. The second-order valence-electron chi connectivity index (χ2n) is 7.99. The molecule has 31 heavy (non-hydrogen) atoms. The number of aromatic nitrogens is 2. The van der Waals surface area contributed by atoms with Gasteiger partial charge in [-0.1, -0.05) is 11.6 Å². The highest BCUT2D eigenvalue weighted by atomic mass is 35.5. The van der Waals surface area contributed by atoms with Crippen LogP contribution in [0.3, 0.4) is 0 Å². The number of hydrogen-bond donors (Lipinski definition) is 1. The third kappa shape index (κ3) is 4.68. The van der Waals surface area contributed by atoms with Crippen LogP contribution < -0.4 is 5.73 Å². The summed E-state index contributed by atoms with van der Waals surface area (Å²) >= 11 is 6.34. The summed E-state index contributed by atoms with van der Waals surface area (Å²) in [7, 11) is 0. The second-order valence-corrected chi connectivity index (χ2v) is 8.37. The van der Waals surface area contributed by atoms with Crippen molar-refractivity contribution in [2.24, 2.45) is 5.73 Å². The van der Waals surface area contributed by atoms with E-state index in [2.05, 4.69) is 5.10 Å². The number of carbonyl (C=O) groups is 1. The van der Waals surface area contributed by atoms with Gasteiger partial charge in [0.2, 0.25) is 5.91 Å². The largest absolute Gasteiger partial charge is 0.433 e. The molecule has 1 aromatic carbocycles. The smallest absolute Gasteiger partial charge is 0.332 e. The van der Waals surface area contributed by atoms with Crippen LogP contribution >= 0.6 is 24.0 Å². The number of hydrogen-bond acceptors (Lipinski definition) is 3. The standard InChI is InChI=1S/C20H21ClF4N4O.ClH/c1-10-6-12(22)7-13(18(10)21)19-14(26)4-5-28(19)17(30)9-29-16(20(23,24)25)8-15(27-29)11-2-3-11;/h6-8,11,14,19H,2-5,9,26H2,1H3;1H/t14-,19-;/m1./s1. The van der Waals surface area contributed by atoms with E-state index in [-0.39, 0.29) is 24.9 Å². The van der Waals surface area contributed by atoms with Gasteiger partial charge in [-0.25, -0.2) is 4.39 Å². The minimum absolute atomic E-state index is 0. The highest BCUT2D eigenvalue weighted by molar-refractivity contribution is 6.32. The van der Waals surface area contributed by atoms with Crippen molar-refractivity contribution >= 4 is 29.9 Å². The molecule has 0 spiro atoms. The fourth-order valence-electron chi connectivity index (χ4n) is 4.04. The summed E-state index contributed by atoms with van der Waals surface area (Å²) in [4.78, 5) is 14.4. The molecule has 1 amide bonds. The first-order valence-electron chi connectivity index (χ1n) is 9.71. The number of halogens is 6. The van der Waals surface area contributed by atoms with Gasteiger partial charge in [-0.3, -0.25) is 9.48 Å². The molecule has 1 saturated heterocycles. The molecule has 1 aliphatic heterocycles. The summed E-state index contributed by atoms with van der Waals surface area (Å²) in [6.07, 6.45) is -2.60. The number of likely N-dealkylation sites (tertiary alicyclic amines) is 1. The van der Waals surface area contributed by atoms with E-state index in [1.807, 2.05) is 0 Å². The molecule has 0 bridgehead atoms. The van der Waals surface area contributed by atoms with Gasteiger partial charge < -0.3 is 10.6 Å². The van der Waals surface area contributed by atoms with Crippen molar-refractivity contribution in [3.63, 3.8) is 0 Å². The summed E-state index contributed by atoms with van der Waals surface area (Å²) in [6, 6.07) is 2.30. The molecule has 2 atom stereocenters. The molecule has 2 aromatic rings. The molecular formula is C20H22Cl2F4N4O. The van der Waals surface area contributed by atoms with Crippen LogP contribution in [0.5, 0.6) is 0 Å². The minimum Gasteiger partial charge on any atom is -0.332 e. The fraction of sp³-hybridized carbons (Fsp3) is 0.500. The van der Waals surface area contributed by atoms with Crippen LogP contribution in [0.1, 0.15) is 53.7 Å². The Bertz CT molecular complexity index is 990. The lowest BCUT2D eigenvalue weighted by atomic mass is 9.98. The highest BCUT2D eigenvalue weighted by Crippen LogP contribution is 2.42. The Morgan fingerprint density at radius 3 is 2.55 bits per heavy atom. The Hall–Kier alpha value is -1.84. The predicted molar refractivity (Wildman–Crippen MR) is 110 cm³/mol. The lowest BCUT2D eigenvalue weighted by Gasteiger charge is -2.29. The molecule has 170 valence electrons. The first-order valence-corrected chi connectivity index (χ1v) is 10.1. The Balaban J connectivity index is 0.00000272. The fourth-order valence-corrected chi connectivity index (χ4v) is 4.27. The normalized spacial score (nSPS) is 21.3. The van der Waals surface area contributed by atoms with Crippen LogP contribution in [-0.2, 0) is 17.5 Å². The number of alkyl halides is 3. The van der Waals surface area contributed by atoms with Crippen LogP contribution in [0, 0.1) is 12.7 Å². The van der Waals surface area contributed by atoms with Gasteiger partial charge in [0, 0.05) is 23.5 Å². The van der Waals surface area contributed by atoms with E-state index in [0.717, 1.165) is 23.6 Å². The molecule has 2 fully saturated rings. The Labute approximate surface area is 187 Å². The number of aryl methyl sites for hydroxylation is 1. The second kappa shape index (κ2) is 8.60. The maximum Gasteiger partial charge on any atom is 0.433 e. The van der Waals surface area contributed by atoms with Crippen molar-refractivity contribution in [1.82, 2.24) is 14.7 Å². The SMILES string of the molecule is Cc1cc(F)cc([C@@H]2[C@H](N)CCN2C(=O)Cn2nc(C3CC3)cc2C(F)(F)F)c1Cl.Cl. The summed E-state index contributed by atoms with van der Waals surface area (Å²) < 4.78 is 55.1. The van der Waals surface area contributed by atoms with Crippen LogP contribution in [0.15, 0.2) is 18.2 Å². The third-order valence-electron chi connectivity index (χ3n) is 5.70. The molecule has 5 nitrogen and oxygen atoms in total. The van der Waals surface area contributed by atoms with E-state index in [1.54, 1.807) is 6.92 Å². The zero-order valence-corrected chi connectivity index (χ0v) is 18.2. The van der Waals surface area contributed by atoms with E-state index in [9.17, 15) is 22.4 Å². The molecule has 2 aliphatic rings. The van der Waals surface area contributed by atoms with E-state index < -0.39 is 42.2 Å². The maximum atomic E-state index is 14.0. The monoisotopic (exact) mass is 480 g/mol. The van der Waals surface area contributed by atoms with Crippen LogP contribution in [0.25, 0.3) is 0 Å². The number of rotatable bonds is 4. The summed E-state index contributed by atoms with van der Waals surface area (Å²) in [5, 5.41) is 4.34. The number of carbonyl (C=O) groups excluding carboxylic acids is 1. The van der Waals surface area contributed by atoms with Gasteiger partial charge >= 0.3 is 6.18 Å². The van der Waals surface area contributed by atoms with Gasteiger partial charge in [-0.2, -0.15) is 18.3 Å². The number of nitrogens with zero attached hydrogens (tertiary/aromatic N) is 3. The molecule has 11 heteroatoms. The van der Waals surface area contributed by atoms with Crippen LogP contribution in [-0.4, -0.2) is 33.2 Å². The van der Waals surface area contributed by atoms with Crippen molar-refractivity contribution in [1.29, 1.82) is 0 Å². The molecule has 2 N–H and O–H groups in total. The van der Waals surface area contributed by atoms with Crippen molar-refractivity contribution in [2.75, 3.05) is 6.54 Å². The Morgan fingerprint density at radius 1 is 1.26 bits per heavy atom. The Kier molecular flexibility index (Phi) is 6.60. The first kappa shape index (κ1) is 23.8. The van der Waals surface area contributed by atoms with Crippen molar-refractivity contribution in [2.45, 2.75) is 56.9 Å². The van der Waals surface area contributed by atoms with E-state index >= 15 is 0 Å². The summed E-state index contributed by atoms with van der Waals surface area (Å²) in [5.41, 5.74) is 6.45. The van der Waals surface area contributed by atoms with Crippen molar-refractivity contribution in [3.05, 3.63) is 51.6 Å². The maximum absolute atomic E-state index is 14.0. The minimum atomic E-state index is -4.62. The molecule has 2 heterocycles. The van der Waals surface area contributed by atoms with Gasteiger partial charge in [-0.15, -0.1) is 12.4 Å². The van der Waals surface area contributed by atoms with Crippen molar-refractivity contribution in [3.8, 4) is 0 Å². The predicted octanol–water partition coefficient (Wildman–Crippen LogP) is 4.60. The van der Waals surface area contributed by atoms with E-state index in [4.69, 9.17) is 17.3 Å². The van der Waals surface area contributed by atoms with Crippen molar-refractivity contribution < 1.29 is 22.4 Å². The van der Waals surface area contributed by atoms with Gasteiger partial charge in [0.25, 0.3) is 0 Å². The lowest BCUT2D eigenvalue weighted by molar-refractivity contribution is -0.146. The highest BCUT2D eigenvalue weighted by Gasteiger charge is 2.41. The lowest BCUT2D eigenvalue weighted by Crippen LogP contribution is -2.38. The average molecular weight is 481 g/mol. The van der Waals surface area contributed by atoms with E-state index in [0.29, 0.717) is 28.3 Å². The molecular weight excluding hydrogens is 459 g/mol. The molecule has 0 radical (unpaired) electrons. The molecule has 1 aliphatic carbocycles. The Morgan fingerprint density at radius 2 is 1.94 bits per heavy atom. The number of benzene rings is 1. The molecule has 1 aromatic heterocycles. The summed E-state index contributed by atoms with van der Waals surface area (Å²) in [5.74, 6) is -1.06. The number of amides is 1. The average Bonchev–Trinajstić information content (AvgIpc) is 3.29. The van der Waals surface area contributed by atoms with Gasteiger partial charge in [0.15, 0.2) is 0 Å². The quantitative estimate of drug-likeness (QED) is 0.650. The molecule has 4 rings (SSSR count). The topological polar surface area (TPSA) is 64.2 Å². The van der Waals surface area contributed by atoms with Crippen LogP contribution in [0.2, 0.25) is 5.02 Å². The molecule has 0 unspecified atom stereocenters. The van der Waals surface area contributed by atoms with E-state index in [1.165, 1.54) is 17.0 Å². The number of nitrogens with two attached hydrogens (primary N) is 1. The van der Waals surface area contributed by atoms with Gasteiger partial charge in [-0.05, 0) is 55.5 Å². The summed E-state index contributed by atoms with van der Waals surface area (Å²) in [6.45, 7) is 1.31. The first-order chi connectivity index (χ1) is 14.1. The molecule has 1 saturated carbocycles. The third-order valence-corrected chi connectivity index (χ3v) is 6.22. The van der Waals surface area contributed by atoms with Gasteiger partial charge in [0.05, 0.1) is 11.7 Å². The zero-order valence-electron chi connectivity index (χ0n) is 16.6. The van der Waals surface area contributed by atoms with Gasteiger partial charge in [0.1, 0.15) is 18.1 Å². The van der Waals surface area contributed by atoms with Crippen LogP contribution in [0.4, 0.5) is 17.6 Å².